The van der Waals surface area contributed by atoms with Crippen molar-refractivity contribution in [3.05, 3.63) is 48.5 Å². The summed E-state index contributed by atoms with van der Waals surface area (Å²) in [5.41, 5.74) is 3.28. The minimum atomic E-state index is -0.104. The van der Waals surface area contributed by atoms with E-state index in [9.17, 15) is 9.59 Å². The number of hydrogen-bond acceptors (Lipinski definition) is 3. The number of anilines is 4. The lowest BCUT2D eigenvalue weighted by molar-refractivity contribution is -0.116. The van der Waals surface area contributed by atoms with Crippen LogP contribution in [0.25, 0.3) is 0 Å². The van der Waals surface area contributed by atoms with E-state index in [1.165, 1.54) is 6.92 Å². The van der Waals surface area contributed by atoms with E-state index in [1.54, 1.807) is 0 Å². The number of benzene rings is 2. The molecule has 0 atom stereocenters. The van der Waals surface area contributed by atoms with Gasteiger partial charge in [0.05, 0.1) is 0 Å². The molecule has 0 aliphatic heterocycles. The number of carbonyl (C=O) groups is 2. The zero-order valence-electron chi connectivity index (χ0n) is 12.6. The quantitative estimate of drug-likeness (QED) is 0.787. The normalized spacial score (nSPS) is 9.91. The van der Waals surface area contributed by atoms with Gasteiger partial charge in [0.2, 0.25) is 11.8 Å². The molecule has 114 valence electrons. The van der Waals surface area contributed by atoms with Gasteiger partial charge in [0.1, 0.15) is 0 Å². The second kappa shape index (κ2) is 7.26. The SMILES string of the molecule is CCC(=O)Nc1ccc(Nc2cccc(NC(C)=O)c2)cc1. The predicted molar refractivity (Wildman–Crippen MR) is 89.4 cm³/mol. The summed E-state index contributed by atoms with van der Waals surface area (Å²) in [4.78, 5) is 22.4. The molecule has 0 spiro atoms. The van der Waals surface area contributed by atoms with Gasteiger partial charge in [-0.1, -0.05) is 13.0 Å². The fourth-order valence-electron chi connectivity index (χ4n) is 1.93. The zero-order valence-corrected chi connectivity index (χ0v) is 12.6. The molecule has 2 aromatic carbocycles. The predicted octanol–water partition coefficient (Wildman–Crippen LogP) is 3.74. The lowest BCUT2D eigenvalue weighted by atomic mass is 10.2. The van der Waals surface area contributed by atoms with Gasteiger partial charge in [-0.3, -0.25) is 9.59 Å². The Balaban J connectivity index is 2.04. The molecular weight excluding hydrogens is 278 g/mol. The van der Waals surface area contributed by atoms with E-state index in [2.05, 4.69) is 16.0 Å². The molecular formula is C17H19N3O2. The van der Waals surface area contributed by atoms with Crippen LogP contribution in [-0.4, -0.2) is 11.8 Å². The highest BCUT2D eigenvalue weighted by molar-refractivity contribution is 5.91. The molecule has 3 N–H and O–H groups in total. The Kier molecular flexibility index (Phi) is 5.14. The molecule has 0 fully saturated rings. The standard InChI is InChI=1S/C17H19N3O2/c1-3-17(22)20-14-9-7-13(8-10-14)19-16-6-4-5-15(11-16)18-12(2)21/h4-11,19H,3H2,1-2H3,(H,18,21)(H,20,22). The van der Waals surface area contributed by atoms with Crippen LogP contribution in [0.15, 0.2) is 48.5 Å². The molecule has 0 aliphatic rings. The molecule has 5 heteroatoms. The van der Waals surface area contributed by atoms with Crippen LogP contribution in [0, 0.1) is 0 Å². The molecule has 22 heavy (non-hydrogen) atoms. The number of carbonyl (C=O) groups excluding carboxylic acids is 2. The fourth-order valence-corrected chi connectivity index (χ4v) is 1.93. The lowest BCUT2D eigenvalue weighted by Crippen LogP contribution is -2.09. The summed E-state index contributed by atoms with van der Waals surface area (Å²) in [6.07, 6.45) is 0.454. The van der Waals surface area contributed by atoms with E-state index in [4.69, 9.17) is 0 Å². The summed E-state index contributed by atoms with van der Waals surface area (Å²) in [5, 5.41) is 8.79. The van der Waals surface area contributed by atoms with E-state index >= 15 is 0 Å². The third-order valence-electron chi connectivity index (χ3n) is 2.96. The average Bonchev–Trinajstić information content (AvgIpc) is 2.49. The van der Waals surface area contributed by atoms with E-state index in [1.807, 2.05) is 55.5 Å². The van der Waals surface area contributed by atoms with Gasteiger partial charge in [-0.15, -0.1) is 0 Å². The first-order valence-corrected chi connectivity index (χ1v) is 7.11. The summed E-state index contributed by atoms with van der Waals surface area (Å²) in [6.45, 7) is 3.29. The molecule has 0 saturated heterocycles. The van der Waals surface area contributed by atoms with E-state index in [0.29, 0.717) is 6.42 Å². The molecule has 5 nitrogen and oxygen atoms in total. The highest BCUT2D eigenvalue weighted by Crippen LogP contribution is 2.21. The van der Waals surface area contributed by atoms with Crippen molar-refractivity contribution in [3.8, 4) is 0 Å². The van der Waals surface area contributed by atoms with E-state index in [-0.39, 0.29) is 11.8 Å². The van der Waals surface area contributed by atoms with Crippen LogP contribution in [0.5, 0.6) is 0 Å². The lowest BCUT2D eigenvalue weighted by Gasteiger charge is -2.10. The molecule has 2 amide bonds. The molecule has 0 saturated carbocycles. The maximum Gasteiger partial charge on any atom is 0.224 e. The van der Waals surface area contributed by atoms with Crippen LogP contribution in [-0.2, 0) is 9.59 Å². The fraction of sp³-hybridized carbons (Fsp3) is 0.176. The average molecular weight is 297 g/mol. The van der Waals surface area contributed by atoms with Crippen LogP contribution in [0.4, 0.5) is 22.7 Å². The summed E-state index contributed by atoms with van der Waals surface area (Å²) < 4.78 is 0. The molecule has 0 radical (unpaired) electrons. The van der Waals surface area contributed by atoms with Gasteiger partial charge in [-0.2, -0.15) is 0 Å². The van der Waals surface area contributed by atoms with Gasteiger partial charge in [-0.25, -0.2) is 0 Å². The van der Waals surface area contributed by atoms with Crippen molar-refractivity contribution in [1.82, 2.24) is 0 Å². The van der Waals surface area contributed by atoms with Gasteiger partial charge >= 0.3 is 0 Å². The summed E-state index contributed by atoms with van der Waals surface area (Å²) in [7, 11) is 0. The summed E-state index contributed by atoms with van der Waals surface area (Å²) >= 11 is 0. The van der Waals surface area contributed by atoms with Crippen molar-refractivity contribution in [2.45, 2.75) is 20.3 Å². The van der Waals surface area contributed by atoms with Crippen molar-refractivity contribution in [3.63, 3.8) is 0 Å². The van der Waals surface area contributed by atoms with E-state index < -0.39 is 0 Å². The van der Waals surface area contributed by atoms with Gasteiger partial charge < -0.3 is 16.0 Å². The van der Waals surface area contributed by atoms with Crippen LogP contribution < -0.4 is 16.0 Å². The van der Waals surface area contributed by atoms with Gasteiger partial charge in [0.15, 0.2) is 0 Å². The van der Waals surface area contributed by atoms with Crippen molar-refractivity contribution >= 4 is 34.6 Å². The first kappa shape index (κ1) is 15.6. The second-order valence-corrected chi connectivity index (χ2v) is 4.87. The van der Waals surface area contributed by atoms with Crippen LogP contribution in [0.3, 0.4) is 0 Å². The summed E-state index contributed by atoms with van der Waals surface area (Å²) in [6, 6.07) is 14.9. The molecule has 0 unspecified atom stereocenters. The Morgan fingerprint density at radius 2 is 1.50 bits per heavy atom. The summed E-state index contributed by atoms with van der Waals surface area (Å²) in [5.74, 6) is -0.114. The number of amides is 2. The Hall–Kier alpha value is -2.82. The van der Waals surface area contributed by atoms with Crippen LogP contribution in [0.1, 0.15) is 20.3 Å². The van der Waals surface area contributed by atoms with Crippen molar-refractivity contribution < 1.29 is 9.59 Å². The van der Waals surface area contributed by atoms with Crippen molar-refractivity contribution in [2.24, 2.45) is 0 Å². The Morgan fingerprint density at radius 1 is 0.864 bits per heavy atom. The van der Waals surface area contributed by atoms with Crippen molar-refractivity contribution in [1.29, 1.82) is 0 Å². The molecule has 0 aliphatic carbocycles. The maximum atomic E-state index is 11.3. The number of hydrogen-bond donors (Lipinski definition) is 3. The van der Waals surface area contributed by atoms with Crippen LogP contribution >= 0.6 is 0 Å². The van der Waals surface area contributed by atoms with Gasteiger partial charge in [-0.05, 0) is 42.5 Å². The first-order valence-electron chi connectivity index (χ1n) is 7.11. The largest absolute Gasteiger partial charge is 0.355 e. The van der Waals surface area contributed by atoms with E-state index in [0.717, 1.165) is 22.7 Å². The Labute approximate surface area is 129 Å². The van der Waals surface area contributed by atoms with Gasteiger partial charge in [0.25, 0.3) is 0 Å². The molecule has 0 bridgehead atoms. The minimum absolute atomic E-state index is 0.0104. The molecule has 0 heterocycles. The number of nitrogens with one attached hydrogen (secondary N) is 3. The highest BCUT2D eigenvalue weighted by Gasteiger charge is 2.01. The highest BCUT2D eigenvalue weighted by atomic mass is 16.2. The Bertz CT molecular complexity index is 666. The first-order chi connectivity index (χ1) is 10.6. The second-order valence-electron chi connectivity index (χ2n) is 4.87. The molecule has 2 aromatic rings. The minimum Gasteiger partial charge on any atom is -0.355 e. The monoisotopic (exact) mass is 297 g/mol. The number of rotatable bonds is 5. The molecule has 2 rings (SSSR count). The zero-order chi connectivity index (χ0) is 15.9. The van der Waals surface area contributed by atoms with Crippen LogP contribution in [0.2, 0.25) is 0 Å². The molecule has 0 aromatic heterocycles. The van der Waals surface area contributed by atoms with Crippen molar-refractivity contribution in [2.75, 3.05) is 16.0 Å². The third-order valence-corrected chi connectivity index (χ3v) is 2.96. The maximum absolute atomic E-state index is 11.3. The smallest absolute Gasteiger partial charge is 0.224 e. The Morgan fingerprint density at radius 3 is 2.14 bits per heavy atom. The third kappa shape index (κ3) is 4.63. The van der Waals surface area contributed by atoms with Gasteiger partial charge in [0, 0.05) is 36.1 Å². The topological polar surface area (TPSA) is 70.2 Å².